The van der Waals surface area contributed by atoms with Gasteiger partial charge in [-0.25, -0.2) is 0 Å². The molecular formula is C16H21NO2. The van der Waals surface area contributed by atoms with Crippen molar-refractivity contribution < 1.29 is 9.47 Å². The van der Waals surface area contributed by atoms with Crippen LogP contribution in [0.3, 0.4) is 0 Å². The van der Waals surface area contributed by atoms with E-state index < -0.39 is 0 Å². The molecule has 0 fully saturated rings. The van der Waals surface area contributed by atoms with Crippen LogP contribution in [0.5, 0.6) is 5.75 Å². The molecule has 3 nitrogen and oxygen atoms in total. The number of fused-ring (bicyclic) bond motifs is 1. The molecule has 0 saturated heterocycles. The molecule has 0 spiro atoms. The zero-order valence-corrected chi connectivity index (χ0v) is 11.4. The van der Waals surface area contributed by atoms with Crippen LogP contribution in [-0.4, -0.2) is 25.3 Å². The fourth-order valence-corrected chi connectivity index (χ4v) is 2.82. The van der Waals surface area contributed by atoms with Gasteiger partial charge >= 0.3 is 0 Å². The van der Waals surface area contributed by atoms with E-state index in [2.05, 4.69) is 36.5 Å². The first kappa shape index (κ1) is 12.5. The Morgan fingerprint density at radius 1 is 1.37 bits per heavy atom. The summed E-state index contributed by atoms with van der Waals surface area (Å²) in [5.74, 6) is 2.08. The average molecular weight is 259 g/mol. The molecule has 3 rings (SSSR count). The molecule has 19 heavy (non-hydrogen) atoms. The summed E-state index contributed by atoms with van der Waals surface area (Å²) < 4.78 is 11.9. The van der Waals surface area contributed by atoms with Crippen LogP contribution in [0.15, 0.2) is 36.1 Å². The van der Waals surface area contributed by atoms with Gasteiger partial charge in [0, 0.05) is 6.42 Å². The lowest BCUT2D eigenvalue weighted by Crippen LogP contribution is -2.44. The third-order valence-electron chi connectivity index (χ3n) is 3.74. The molecule has 2 atom stereocenters. The van der Waals surface area contributed by atoms with Crippen LogP contribution in [0, 0.1) is 0 Å². The molecule has 2 heterocycles. The van der Waals surface area contributed by atoms with Gasteiger partial charge in [-0.3, -0.25) is 0 Å². The largest absolute Gasteiger partial charge is 0.496 e. The summed E-state index contributed by atoms with van der Waals surface area (Å²) in [5, 5.41) is 3.51. The van der Waals surface area contributed by atoms with Crippen LogP contribution >= 0.6 is 0 Å². The minimum atomic E-state index is 0.140. The number of rotatable bonds is 4. The molecule has 0 bridgehead atoms. The zero-order chi connectivity index (χ0) is 13.1. The van der Waals surface area contributed by atoms with Crippen LogP contribution in [0.25, 0.3) is 0 Å². The normalized spacial score (nSPS) is 23.0. The summed E-state index contributed by atoms with van der Waals surface area (Å²) in [6.07, 6.45) is 5.53. The van der Waals surface area contributed by atoms with E-state index in [1.807, 2.05) is 6.07 Å². The van der Waals surface area contributed by atoms with Crippen molar-refractivity contribution in [3.8, 4) is 5.75 Å². The summed E-state index contributed by atoms with van der Waals surface area (Å²) in [7, 11) is 0. The second kappa shape index (κ2) is 5.66. The molecule has 0 aliphatic carbocycles. The summed E-state index contributed by atoms with van der Waals surface area (Å²) in [6, 6.07) is 8.46. The van der Waals surface area contributed by atoms with Crippen molar-refractivity contribution >= 4 is 0 Å². The molecule has 1 aromatic rings. The maximum absolute atomic E-state index is 6.09. The number of nitrogens with one attached hydrogen (secondary N) is 1. The Bertz CT molecular complexity index is 445. The van der Waals surface area contributed by atoms with E-state index >= 15 is 0 Å². The molecule has 2 unspecified atom stereocenters. The third kappa shape index (κ3) is 2.61. The molecule has 1 N–H and O–H groups in total. The molecule has 3 heteroatoms. The van der Waals surface area contributed by atoms with Crippen molar-refractivity contribution in [2.45, 2.75) is 38.3 Å². The first-order valence-corrected chi connectivity index (χ1v) is 7.19. The van der Waals surface area contributed by atoms with E-state index in [4.69, 9.17) is 9.47 Å². The minimum Gasteiger partial charge on any atom is -0.496 e. The fourth-order valence-electron chi connectivity index (χ4n) is 2.82. The molecular weight excluding hydrogens is 238 g/mol. The van der Waals surface area contributed by atoms with E-state index in [0.29, 0.717) is 0 Å². The number of allylic oxidation sites excluding steroid dienone is 1. The van der Waals surface area contributed by atoms with E-state index in [0.717, 1.165) is 43.9 Å². The molecule has 0 amide bonds. The molecule has 2 aliphatic rings. The number of hydrogen-bond acceptors (Lipinski definition) is 3. The summed E-state index contributed by atoms with van der Waals surface area (Å²) in [6.45, 7) is 3.87. The van der Waals surface area contributed by atoms with Crippen LogP contribution in [0.2, 0.25) is 0 Å². The SMILES string of the molecule is CCNC(C1=CCCCO1)C1Cc2ccccc2O1. The number of hydrogen-bond donors (Lipinski definition) is 1. The van der Waals surface area contributed by atoms with Crippen molar-refractivity contribution in [2.75, 3.05) is 13.2 Å². The van der Waals surface area contributed by atoms with E-state index in [1.165, 1.54) is 5.56 Å². The second-order valence-electron chi connectivity index (χ2n) is 5.10. The highest BCUT2D eigenvalue weighted by Crippen LogP contribution is 2.31. The summed E-state index contributed by atoms with van der Waals surface area (Å²) in [4.78, 5) is 0. The molecule has 0 radical (unpaired) electrons. The predicted molar refractivity (Wildman–Crippen MR) is 75.3 cm³/mol. The zero-order valence-electron chi connectivity index (χ0n) is 11.4. The molecule has 2 aliphatic heterocycles. The third-order valence-corrected chi connectivity index (χ3v) is 3.74. The first-order valence-electron chi connectivity index (χ1n) is 7.19. The van der Waals surface area contributed by atoms with E-state index in [9.17, 15) is 0 Å². The molecule has 0 saturated carbocycles. The summed E-state index contributed by atoms with van der Waals surface area (Å²) in [5.41, 5.74) is 1.30. The highest BCUT2D eigenvalue weighted by atomic mass is 16.5. The van der Waals surface area contributed by atoms with Gasteiger partial charge in [0.05, 0.1) is 6.61 Å². The average Bonchev–Trinajstić information content (AvgIpc) is 2.89. The lowest BCUT2D eigenvalue weighted by molar-refractivity contribution is 0.116. The van der Waals surface area contributed by atoms with E-state index in [-0.39, 0.29) is 12.1 Å². The summed E-state index contributed by atoms with van der Waals surface area (Å²) >= 11 is 0. The van der Waals surface area contributed by atoms with Gasteiger partial charge in [-0.1, -0.05) is 25.1 Å². The molecule has 102 valence electrons. The second-order valence-corrected chi connectivity index (χ2v) is 5.10. The molecule has 1 aromatic carbocycles. The van der Waals surface area contributed by atoms with Crippen molar-refractivity contribution in [1.82, 2.24) is 5.32 Å². The van der Waals surface area contributed by atoms with Crippen molar-refractivity contribution in [1.29, 1.82) is 0 Å². The molecule has 0 aromatic heterocycles. The highest BCUT2D eigenvalue weighted by Gasteiger charge is 2.33. The van der Waals surface area contributed by atoms with Gasteiger partial charge in [0.2, 0.25) is 0 Å². The Hall–Kier alpha value is -1.48. The van der Waals surface area contributed by atoms with Gasteiger partial charge in [0.25, 0.3) is 0 Å². The maximum Gasteiger partial charge on any atom is 0.125 e. The van der Waals surface area contributed by atoms with E-state index in [1.54, 1.807) is 0 Å². The maximum atomic E-state index is 6.09. The van der Waals surface area contributed by atoms with Crippen LogP contribution < -0.4 is 10.1 Å². The number of ether oxygens (including phenoxy) is 2. The standard InChI is InChI=1S/C16H21NO2/c1-2-17-16(14-9-5-6-10-18-14)15-11-12-7-3-4-8-13(12)19-15/h3-4,7-9,15-17H,2,5-6,10-11H2,1H3. The lowest BCUT2D eigenvalue weighted by atomic mass is 10.0. The smallest absolute Gasteiger partial charge is 0.125 e. The van der Waals surface area contributed by atoms with Crippen LogP contribution in [0.1, 0.15) is 25.3 Å². The number of likely N-dealkylation sites (N-methyl/N-ethyl adjacent to an activating group) is 1. The number of para-hydroxylation sites is 1. The van der Waals surface area contributed by atoms with Crippen LogP contribution in [-0.2, 0) is 11.2 Å². The first-order chi connectivity index (χ1) is 9.38. The Balaban J connectivity index is 1.77. The minimum absolute atomic E-state index is 0.140. The van der Waals surface area contributed by atoms with Gasteiger partial charge in [0.15, 0.2) is 0 Å². The van der Waals surface area contributed by atoms with Gasteiger partial charge < -0.3 is 14.8 Å². The number of benzene rings is 1. The highest BCUT2D eigenvalue weighted by molar-refractivity contribution is 5.38. The predicted octanol–water partition coefficient (Wildman–Crippen LogP) is 2.66. The van der Waals surface area contributed by atoms with Gasteiger partial charge in [0.1, 0.15) is 23.7 Å². The topological polar surface area (TPSA) is 30.5 Å². The van der Waals surface area contributed by atoms with Crippen molar-refractivity contribution in [3.63, 3.8) is 0 Å². The fraction of sp³-hybridized carbons (Fsp3) is 0.500. The van der Waals surface area contributed by atoms with Gasteiger partial charge in [-0.05, 0) is 37.1 Å². The Morgan fingerprint density at radius 3 is 3.00 bits per heavy atom. The van der Waals surface area contributed by atoms with Crippen molar-refractivity contribution in [3.05, 3.63) is 41.7 Å². The monoisotopic (exact) mass is 259 g/mol. The van der Waals surface area contributed by atoms with Gasteiger partial charge in [-0.2, -0.15) is 0 Å². The Labute approximate surface area is 114 Å². The van der Waals surface area contributed by atoms with Crippen molar-refractivity contribution in [2.24, 2.45) is 0 Å². The quantitative estimate of drug-likeness (QED) is 0.901. The van der Waals surface area contributed by atoms with Gasteiger partial charge in [-0.15, -0.1) is 0 Å². The Morgan fingerprint density at radius 2 is 2.26 bits per heavy atom. The van der Waals surface area contributed by atoms with Crippen LogP contribution in [0.4, 0.5) is 0 Å². The Kier molecular flexibility index (Phi) is 3.74. The lowest BCUT2D eigenvalue weighted by Gasteiger charge is -2.28.